The van der Waals surface area contributed by atoms with E-state index in [1.54, 1.807) is 31.2 Å². The zero-order chi connectivity index (χ0) is 13.3. The number of hydrogen-bond donors (Lipinski definition) is 1. The van der Waals surface area contributed by atoms with Gasteiger partial charge in [-0.25, -0.2) is 4.98 Å². The number of aromatic nitrogens is 3. The van der Waals surface area contributed by atoms with Crippen molar-refractivity contribution in [3.63, 3.8) is 0 Å². The summed E-state index contributed by atoms with van der Waals surface area (Å²) in [6.07, 6.45) is 0.236. The van der Waals surface area contributed by atoms with E-state index in [1.165, 1.54) is 6.20 Å². The highest BCUT2D eigenvalue weighted by molar-refractivity contribution is 7.11. The maximum absolute atomic E-state index is 12.5. The van der Waals surface area contributed by atoms with Crippen LogP contribution in [-0.2, 0) is 13.2 Å². The van der Waals surface area contributed by atoms with E-state index in [9.17, 15) is 13.2 Å². The number of halogens is 3. The van der Waals surface area contributed by atoms with Crippen molar-refractivity contribution in [1.82, 2.24) is 20.1 Å². The van der Waals surface area contributed by atoms with Gasteiger partial charge in [-0.2, -0.15) is 18.3 Å². The van der Waals surface area contributed by atoms with Crippen molar-refractivity contribution in [2.75, 3.05) is 7.05 Å². The Morgan fingerprint density at radius 3 is 2.56 bits per heavy atom. The average Bonchev–Trinajstić information content (AvgIpc) is 2.88. The second-order valence-corrected chi connectivity index (χ2v) is 4.80. The second-order valence-electron chi connectivity index (χ2n) is 3.73. The molecule has 0 radical (unpaired) electrons. The Morgan fingerprint density at radius 2 is 2.11 bits per heavy atom. The Morgan fingerprint density at radius 1 is 1.39 bits per heavy atom. The standard InChI is InChI=1S/C10H11F3N4S/c1-14-8(6-3-16-17(2)5-6)7-4-15-9(18-7)10(11,12)13/h3-5,8,14H,1-2H3. The molecule has 2 rings (SSSR count). The molecule has 0 spiro atoms. The van der Waals surface area contributed by atoms with Gasteiger partial charge in [0.1, 0.15) is 0 Å². The van der Waals surface area contributed by atoms with Crippen molar-refractivity contribution >= 4 is 11.3 Å². The highest BCUT2D eigenvalue weighted by Crippen LogP contribution is 2.35. The molecule has 2 heterocycles. The Labute approximate surface area is 105 Å². The van der Waals surface area contributed by atoms with Crippen LogP contribution in [0.3, 0.4) is 0 Å². The van der Waals surface area contributed by atoms with Crippen LogP contribution in [0.2, 0.25) is 0 Å². The van der Waals surface area contributed by atoms with Gasteiger partial charge < -0.3 is 5.32 Å². The maximum atomic E-state index is 12.5. The molecular formula is C10H11F3N4S. The second kappa shape index (κ2) is 4.69. The molecule has 18 heavy (non-hydrogen) atoms. The van der Waals surface area contributed by atoms with Crippen LogP contribution in [-0.4, -0.2) is 21.8 Å². The van der Waals surface area contributed by atoms with E-state index in [4.69, 9.17) is 0 Å². The predicted molar refractivity (Wildman–Crippen MR) is 61.2 cm³/mol. The minimum absolute atomic E-state index is 0.327. The third-order valence-corrected chi connectivity index (χ3v) is 3.50. The van der Waals surface area contributed by atoms with Gasteiger partial charge in [0.05, 0.1) is 12.2 Å². The summed E-state index contributed by atoms with van der Waals surface area (Å²) in [4.78, 5) is 3.93. The maximum Gasteiger partial charge on any atom is 0.443 e. The van der Waals surface area contributed by atoms with Crippen molar-refractivity contribution in [2.24, 2.45) is 7.05 Å². The predicted octanol–water partition coefficient (Wildman–Crippen LogP) is 2.20. The molecule has 0 aliphatic heterocycles. The van der Waals surface area contributed by atoms with Crippen LogP contribution in [0, 0.1) is 0 Å². The highest BCUT2D eigenvalue weighted by atomic mass is 32.1. The molecule has 1 N–H and O–H groups in total. The van der Waals surface area contributed by atoms with Crippen molar-refractivity contribution < 1.29 is 13.2 Å². The van der Waals surface area contributed by atoms with E-state index >= 15 is 0 Å². The third-order valence-electron chi connectivity index (χ3n) is 2.40. The van der Waals surface area contributed by atoms with E-state index in [2.05, 4.69) is 15.4 Å². The first-order valence-corrected chi connectivity index (χ1v) is 5.92. The van der Waals surface area contributed by atoms with Gasteiger partial charge in [-0.15, -0.1) is 11.3 Å². The molecule has 4 nitrogen and oxygen atoms in total. The summed E-state index contributed by atoms with van der Waals surface area (Å²) in [7, 11) is 3.44. The Balaban J connectivity index is 2.31. The molecule has 0 fully saturated rings. The van der Waals surface area contributed by atoms with E-state index in [-0.39, 0.29) is 6.04 Å². The lowest BCUT2D eigenvalue weighted by Crippen LogP contribution is -2.15. The molecule has 8 heteroatoms. The number of alkyl halides is 3. The fourth-order valence-electron chi connectivity index (χ4n) is 1.61. The summed E-state index contributed by atoms with van der Waals surface area (Å²) in [6, 6.07) is -0.327. The molecule has 1 atom stereocenters. The fourth-order valence-corrected chi connectivity index (χ4v) is 2.54. The van der Waals surface area contributed by atoms with E-state index in [0.717, 1.165) is 5.56 Å². The first-order chi connectivity index (χ1) is 8.41. The smallest absolute Gasteiger partial charge is 0.309 e. The van der Waals surface area contributed by atoms with Crippen LogP contribution in [0.5, 0.6) is 0 Å². The van der Waals surface area contributed by atoms with Crippen LogP contribution >= 0.6 is 11.3 Å². The zero-order valence-electron chi connectivity index (χ0n) is 9.69. The monoisotopic (exact) mass is 276 g/mol. The SMILES string of the molecule is CNC(c1cnn(C)c1)c1cnc(C(F)(F)F)s1. The summed E-state index contributed by atoms with van der Waals surface area (Å²) >= 11 is 0.641. The number of nitrogens with zero attached hydrogens (tertiary/aromatic N) is 3. The summed E-state index contributed by atoms with van der Waals surface area (Å²) in [5.41, 5.74) is 0.803. The van der Waals surface area contributed by atoms with Crippen LogP contribution in [0.4, 0.5) is 13.2 Å². The number of aryl methyl sites for hydroxylation is 1. The van der Waals surface area contributed by atoms with Crippen LogP contribution in [0.25, 0.3) is 0 Å². The van der Waals surface area contributed by atoms with Gasteiger partial charge in [-0.1, -0.05) is 0 Å². The largest absolute Gasteiger partial charge is 0.443 e. The molecule has 0 bridgehead atoms. The molecule has 0 saturated carbocycles. The fraction of sp³-hybridized carbons (Fsp3) is 0.400. The number of nitrogens with one attached hydrogen (secondary N) is 1. The van der Waals surface area contributed by atoms with Crippen LogP contribution < -0.4 is 5.32 Å². The van der Waals surface area contributed by atoms with Gasteiger partial charge >= 0.3 is 6.18 Å². The molecule has 0 aliphatic rings. The lowest BCUT2D eigenvalue weighted by molar-refractivity contribution is -0.137. The molecule has 98 valence electrons. The normalized spacial score (nSPS) is 13.8. The van der Waals surface area contributed by atoms with E-state index in [0.29, 0.717) is 16.2 Å². The average molecular weight is 276 g/mol. The van der Waals surface area contributed by atoms with Gasteiger partial charge in [-0.05, 0) is 7.05 Å². The summed E-state index contributed by atoms with van der Waals surface area (Å²) in [5.74, 6) is 0. The van der Waals surface area contributed by atoms with Gasteiger partial charge in [0, 0.05) is 29.9 Å². The minimum Gasteiger partial charge on any atom is -0.309 e. The lowest BCUT2D eigenvalue weighted by Gasteiger charge is -2.11. The van der Waals surface area contributed by atoms with Gasteiger partial charge in [0.15, 0.2) is 5.01 Å². The van der Waals surface area contributed by atoms with Crippen LogP contribution in [0.1, 0.15) is 21.5 Å². The molecule has 0 aliphatic carbocycles. The molecule has 0 aromatic carbocycles. The van der Waals surface area contributed by atoms with E-state index in [1.807, 2.05) is 0 Å². The Bertz CT molecular complexity index is 531. The van der Waals surface area contributed by atoms with Crippen LogP contribution in [0.15, 0.2) is 18.6 Å². The van der Waals surface area contributed by atoms with Gasteiger partial charge in [0.25, 0.3) is 0 Å². The number of hydrogen-bond acceptors (Lipinski definition) is 4. The van der Waals surface area contributed by atoms with E-state index < -0.39 is 11.2 Å². The summed E-state index contributed by atoms with van der Waals surface area (Å²) in [6.45, 7) is 0. The van der Waals surface area contributed by atoms with Crippen molar-refractivity contribution in [2.45, 2.75) is 12.2 Å². The van der Waals surface area contributed by atoms with Crippen molar-refractivity contribution in [3.05, 3.63) is 34.0 Å². The number of rotatable bonds is 3. The van der Waals surface area contributed by atoms with Crippen molar-refractivity contribution in [1.29, 1.82) is 0 Å². The Kier molecular flexibility index (Phi) is 3.40. The molecule has 0 saturated heterocycles. The van der Waals surface area contributed by atoms with Gasteiger partial charge in [0.2, 0.25) is 0 Å². The molecule has 1 unspecified atom stereocenters. The first kappa shape index (κ1) is 13.0. The molecule has 2 aromatic heterocycles. The first-order valence-electron chi connectivity index (χ1n) is 5.10. The third kappa shape index (κ3) is 2.54. The zero-order valence-corrected chi connectivity index (χ0v) is 10.5. The summed E-state index contributed by atoms with van der Waals surface area (Å²) < 4.78 is 39.1. The summed E-state index contributed by atoms with van der Waals surface area (Å²) in [5, 5.41) is 6.14. The van der Waals surface area contributed by atoms with Crippen molar-refractivity contribution in [3.8, 4) is 0 Å². The Hall–Kier alpha value is -1.41. The topological polar surface area (TPSA) is 42.7 Å². The molecular weight excluding hydrogens is 265 g/mol. The molecule has 0 amide bonds. The number of thiazole rings is 1. The molecule has 2 aromatic rings. The quantitative estimate of drug-likeness (QED) is 0.934. The minimum atomic E-state index is -4.39. The lowest BCUT2D eigenvalue weighted by atomic mass is 10.1. The van der Waals surface area contributed by atoms with Gasteiger partial charge in [-0.3, -0.25) is 4.68 Å². The highest BCUT2D eigenvalue weighted by Gasteiger charge is 2.35.